The van der Waals surface area contributed by atoms with E-state index >= 15 is 0 Å². The average molecular weight is 296 g/mol. The van der Waals surface area contributed by atoms with Gasteiger partial charge in [-0.1, -0.05) is 24.3 Å². The second-order valence-corrected chi connectivity index (χ2v) is 3.99. The molecule has 18 heavy (non-hydrogen) atoms. The van der Waals surface area contributed by atoms with E-state index in [0.29, 0.717) is 0 Å². The summed E-state index contributed by atoms with van der Waals surface area (Å²) < 4.78 is 5.15. The summed E-state index contributed by atoms with van der Waals surface area (Å²) in [5.41, 5.74) is 0.831. The second kappa shape index (κ2) is 5.97. The summed E-state index contributed by atoms with van der Waals surface area (Å²) in [4.78, 5) is 11.0. The molecular weight excluding hydrogens is 282 g/mol. The Kier molecular flexibility index (Phi) is 4.86. The minimum absolute atomic E-state index is 0. The quantitative estimate of drug-likeness (QED) is 0.885. The minimum Gasteiger partial charge on any atom is -0.497 e. The fourth-order valence-corrected chi connectivity index (χ4v) is 1.92. The Morgan fingerprint density at radius 2 is 2.00 bits per heavy atom. The average Bonchev–Trinajstić information content (AvgIpc) is 2.36. The van der Waals surface area contributed by atoms with Crippen LogP contribution in [-0.2, 0) is 24.3 Å². The van der Waals surface area contributed by atoms with Crippen LogP contribution in [0.15, 0.2) is 36.4 Å². The molecule has 0 aromatic heterocycles. The van der Waals surface area contributed by atoms with Crippen molar-refractivity contribution in [3.63, 3.8) is 0 Å². The van der Waals surface area contributed by atoms with Crippen molar-refractivity contribution in [3.8, 4) is 5.75 Å². The smallest absolute Gasteiger partial charge is 0.310 e. The van der Waals surface area contributed by atoms with Gasteiger partial charge in [-0.25, -0.2) is 0 Å². The molecule has 0 aliphatic rings. The first kappa shape index (κ1) is 14.7. The van der Waals surface area contributed by atoms with E-state index in [1.165, 1.54) is 0 Å². The number of aliphatic carboxylic acids is 1. The minimum atomic E-state index is -0.812. The Labute approximate surface area is 119 Å². The number of ether oxygens (including phenoxy) is 1. The number of fused-ring (bicyclic) bond motifs is 1. The summed E-state index contributed by atoms with van der Waals surface area (Å²) in [7, 11) is 1.62. The van der Waals surface area contributed by atoms with Crippen molar-refractivity contribution >= 4 is 16.7 Å². The van der Waals surface area contributed by atoms with Crippen LogP contribution in [-0.4, -0.2) is 18.2 Å². The van der Waals surface area contributed by atoms with E-state index in [9.17, 15) is 4.79 Å². The molecule has 0 fully saturated rings. The van der Waals surface area contributed by atoms with Crippen LogP contribution in [0.5, 0.6) is 5.75 Å². The number of hydrogen-bond acceptors (Lipinski definition) is 2. The third kappa shape index (κ3) is 2.70. The standard InChI is InChI=1S/C14H14O3.Zn/c1-9(14(15)16)12-5-3-4-10-8-11(17-2)6-7-13(10)12;/h3-9H,1-2H3,(H,15,16);. The number of rotatable bonds is 3. The van der Waals surface area contributed by atoms with Crippen molar-refractivity contribution in [2.24, 2.45) is 0 Å². The molecule has 0 spiro atoms. The SMILES string of the molecule is COc1ccc2c(C(C)C(=O)O)cccc2c1.[Zn]. The Balaban J connectivity index is 0.00000162. The van der Waals surface area contributed by atoms with Crippen molar-refractivity contribution in [2.75, 3.05) is 7.11 Å². The number of carbonyl (C=O) groups is 1. The molecule has 0 bridgehead atoms. The van der Waals surface area contributed by atoms with E-state index in [-0.39, 0.29) is 19.5 Å². The molecule has 90 valence electrons. The van der Waals surface area contributed by atoms with Gasteiger partial charge in [0.25, 0.3) is 0 Å². The van der Waals surface area contributed by atoms with Crippen molar-refractivity contribution < 1.29 is 34.1 Å². The summed E-state index contributed by atoms with van der Waals surface area (Å²) in [6, 6.07) is 11.3. The number of methoxy groups -OCH3 is 1. The predicted octanol–water partition coefficient (Wildman–Crippen LogP) is 3.03. The topological polar surface area (TPSA) is 46.5 Å². The molecular formula is C14H14O3Zn. The molecule has 4 heteroatoms. The van der Waals surface area contributed by atoms with Crippen LogP contribution in [0.3, 0.4) is 0 Å². The molecule has 0 aliphatic heterocycles. The first-order valence-corrected chi connectivity index (χ1v) is 5.43. The molecule has 0 amide bonds. The third-order valence-corrected chi connectivity index (χ3v) is 2.96. The van der Waals surface area contributed by atoms with Crippen LogP contribution in [0.4, 0.5) is 0 Å². The molecule has 0 radical (unpaired) electrons. The van der Waals surface area contributed by atoms with Gasteiger partial charge in [-0.3, -0.25) is 4.79 Å². The fourth-order valence-electron chi connectivity index (χ4n) is 1.92. The molecule has 0 saturated carbocycles. The van der Waals surface area contributed by atoms with Gasteiger partial charge in [0, 0.05) is 19.5 Å². The van der Waals surface area contributed by atoms with Crippen LogP contribution < -0.4 is 4.74 Å². The maximum atomic E-state index is 11.0. The van der Waals surface area contributed by atoms with Crippen LogP contribution >= 0.6 is 0 Å². The Morgan fingerprint density at radius 1 is 1.28 bits per heavy atom. The van der Waals surface area contributed by atoms with Crippen LogP contribution in [0.1, 0.15) is 18.4 Å². The van der Waals surface area contributed by atoms with Crippen LogP contribution in [0.2, 0.25) is 0 Å². The van der Waals surface area contributed by atoms with Crippen molar-refractivity contribution in [2.45, 2.75) is 12.8 Å². The molecule has 1 atom stereocenters. The van der Waals surface area contributed by atoms with Gasteiger partial charge in [0.1, 0.15) is 5.75 Å². The first-order valence-electron chi connectivity index (χ1n) is 5.43. The van der Waals surface area contributed by atoms with Gasteiger partial charge in [0.15, 0.2) is 0 Å². The molecule has 2 aromatic rings. The Bertz CT molecular complexity index is 566. The van der Waals surface area contributed by atoms with Crippen LogP contribution in [0, 0.1) is 0 Å². The van der Waals surface area contributed by atoms with Gasteiger partial charge in [0.05, 0.1) is 13.0 Å². The molecule has 1 unspecified atom stereocenters. The normalized spacial score (nSPS) is 11.7. The van der Waals surface area contributed by atoms with Crippen molar-refractivity contribution in [1.82, 2.24) is 0 Å². The maximum Gasteiger partial charge on any atom is 0.310 e. The Morgan fingerprint density at radius 3 is 2.61 bits per heavy atom. The number of benzene rings is 2. The van der Waals surface area contributed by atoms with Crippen molar-refractivity contribution in [1.29, 1.82) is 0 Å². The molecule has 0 heterocycles. The van der Waals surface area contributed by atoms with E-state index in [1.54, 1.807) is 14.0 Å². The van der Waals surface area contributed by atoms with E-state index in [4.69, 9.17) is 9.84 Å². The Hall–Kier alpha value is -1.41. The summed E-state index contributed by atoms with van der Waals surface area (Å²) in [5, 5.41) is 11.0. The number of hydrogen-bond donors (Lipinski definition) is 1. The van der Waals surface area contributed by atoms with Crippen molar-refractivity contribution in [3.05, 3.63) is 42.0 Å². The second-order valence-electron chi connectivity index (χ2n) is 3.99. The fraction of sp³-hybridized carbons (Fsp3) is 0.214. The van der Waals surface area contributed by atoms with Gasteiger partial charge < -0.3 is 9.84 Å². The monoisotopic (exact) mass is 294 g/mol. The molecule has 2 rings (SSSR count). The molecule has 3 nitrogen and oxygen atoms in total. The van der Waals surface area contributed by atoms with Gasteiger partial charge in [-0.05, 0) is 35.4 Å². The van der Waals surface area contributed by atoms with Gasteiger partial charge in [-0.2, -0.15) is 0 Å². The summed E-state index contributed by atoms with van der Waals surface area (Å²) in [6.45, 7) is 1.70. The molecule has 1 N–H and O–H groups in total. The molecule has 0 aliphatic carbocycles. The number of carboxylic acids is 1. The summed E-state index contributed by atoms with van der Waals surface area (Å²) >= 11 is 0. The molecule has 0 saturated heterocycles. The maximum absolute atomic E-state index is 11.0. The van der Waals surface area contributed by atoms with Gasteiger partial charge >= 0.3 is 5.97 Å². The zero-order valence-corrected chi connectivity index (χ0v) is 13.5. The zero-order chi connectivity index (χ0) is 12.4. The summed E-state index contributed by atoms with van der Waals surface area (Å²) in [6.07, 6.45) is 0. The first-order chi connectivity index (χ1) is 8.13. The van der Waals surface area contributed by atoms with E-state index in [2.05, 4.69) is 0 Å². The van der Waals surface area contributed by atoms with Gasteiger partial charge in [0.2, 0.25) is 0 Å². The summed E-state index contributed by atoms with van der Waals surface area (Å²) in [5.74, 6) is -0.543. The molecule has 2 aromatic carbocycles. The van der Waals surface area contributed by atoms with E-state index in [0.717, 1.165) is 22.1 Å². The zero-order valence-electron chi connectivity index (χ0n) is 10.5. The van der Waals surface area contributed by atoms with Crippen LogP contribution in [0.25, 0.3) is 10.8 Å². The van der Waals surface area contributed by atoms with Gasteiger partial charge in [-0.15, -0.1) is 0 Å². The predicted molar refractivity (Wildman–Crippen MR) is 66.6 cm³/mol. The number of carboxylic acid groups (broad SMARTS) is 1. The largest absolute Gasteiger partial charge is 0.497 e. The third-order valence-electron chi connectivity index (χ3n) is 2.96. The van der Waals surface area contributed by atoms with E-state index < -0.39 is 11.9 Å². The van der Waals surface area contributed by atoms with E-state index in [1.807, 2.05) is 36.4 Å².